The normalized spacial score (nSPS) is 29.9. The average Bonchev–Trinajstić information content (AvgIpc) is 2.61. The first-order valence-corrected chi connectivity index (χ1v) is 8.90. The van der Waals surface area contributed by atoms with Crippen LogP contribution in [0, 0.1) is 16.2 Å². The molecule has 1 rings (SSSR count). The van der Waals surface area contributed by atoms with E-state index in [0.717, 1.165) is 6.29 Å². The molecule has 0 amide bonds. The number of carbonyl (C=O) groups excluding carboxylic acids is 3. The fourth-order valence-corrected chi connectivity index (χ4v) is 4.08. The summed E-state index contributed by atoms with van der Waals surface area (Å²) in [4.78, 5) is 37.1. The van der Waals surface area contributed by atoms with Gasteiger partial charge in [-0.2, -0.15) is 0 Å². The first-order valence-electron chi connectivity index (χ1n) is 8.90. The third-order valence-corrected chi connectivity index (χ3v) is 4.74. The highest BCUT2D eigenvalue weighted by Gasteiger charge is 2.56. The summed E-state index contributed by atoms with van der Waals surface area (Å²) in [5.41, 5.74) is -2.82. The zero-order chi connectivity index (χ0) is 20.6. The van der Waals surface area contributed by atoms with Crippen LogP contribution < -0.4 is 0 Å². The van der Waals surface area contributed by atoms with Crippen molar-refractivity contribution in [3.05, 3.63) is 25.7 Å². The Labute approximate surface area is 160 Å². The third-order valence-electron chi connectivity index (χ3n) is 4.74. The lowest BCUT2D eigenvalue weighted by molar-refractivity contribution is -0.175. The number of hydrogen-bond donors (Lipinski definition) is 0. The van der Waals surface area contributed by atoms with E-state index in [0.29, 0.717) is 12.8 Å². The topological polar surface area (TPSA) is 88.1 Å². The lowest BCUT2D eigenvalue weighted by Gasteiger charge is -2.48. The largest absolute Gasteiger partial charge is 0.498 e. The van der Waals surface area contributed by atoms with E-state index in [4.69, 9.17) is 18.9 Å². The van der Waals surface area contributed by atoms with E-state index in [1.54, 1.807) is 20.8 Å². The molecule has 0 aromatic heterocycles. The van der Waals surface area contributed by atoms with Gasteiger partial charge in [0.2, 0.25) is 0 Å². The Morgan fingerprint density at radius 2 is 1.22 bits per heavy atom. The Balaban J connectivity index is 2.91. The maximum Gasteiger partial charge on any atom is 0.311 e. The molecule has 1 aliphatic carbocycles. The van der Waals surface area contributed by atoms with E-state index in [2.05, 4.69) is 13.2 Å². The number of carbonyl (C=O) groups is 3. The summed E-state index contributed by atoms with van der Waals surface area (Å²) in [5, 5.41) is 0. The number of ether oxygens (including phenoxy) is 4. The maximum atomic E-state index is 12.7. The molecule has 0 spiro atoms. The van der Waals surface area contributed by atoms with Gasteiger partial charge in [0.25, 0.3) is 0 Å². The molecule has 7 nitrogen and oxygen atoms in total. The van der Waals surface area contributed by atoms with E-state index in [-0.39, 0.29) is 32.8 Å². The highest BCUT2D eigenvalue weighted by atomic mass is 16.6. The van der Waals surface area contributed by atoms with Crippen molar-refractivity contribution in [1.82, 2.24) is 0 Å². The SMILES string of the molecule is C=COCCOC(=O)C1(C)CC(C)(C=O)CC(C)(C(=O)OCCOC=C)C1. The summed E-state index contributed by atoms with van der Waals surface area (Å²) in [6, 6.07) is 0. The van der Waals surface area contributed by atoms with Gasteiger partial charge in [-0.3, -0.25) is 9.59 Å². The molecule has 1 fully saturated rings. The second-order valence-electron chi connectivity index (χ2n) is 7.77. The molecule has 2 atom stereocenters. The van der Waals surface area contributed by atoms with E-state index < -0.39 is 28.2 Å². The van der Waals surface area contributed by atoms with Gasteiger partial charge in [-0.15, -0.1) is 0 Å². The van der Waals surface area contributed by atoms with Crippen LogP contribution in [0.2, 0.25) is 0 Å². The molecule has 7 heteroatoms. The van der Waals surface area contributed by atoms with Gasteiger partial charge in [0.15, 0.2) is 0 Å². The van der Waals surface area contributed by atoms with Crippen molar-refractivity contribution in [2.24, 2.45) is 16.2 Å². The second-order valence-corrected chi connectivity index (χ2v) is 7.77. The van der Waals surface area contributed by atoms with Gasteiger partial charge >= 0.3 is 11.9 Å². The Hall–Kier alpha value is -2.31. The summed E-state index contributed by atoms with van der Waals surface area (Å²) < 4.78 is 20.5. The fraction of sp³-hybridized carbons (Fsp3) is 0.650. The van der Waals surface area contributed by atoms with Crippen LogP contribution in [0.1, 0.15) is 40.0 Å². The second kappa shape index (κ2) is 9.58. The predicted molar refractivity (Wildman–Crippen MR) is 98.5 cm³/mol. The maximum absolute atomic E-state index is 12.7. The summed E-state index contributed by atoms with van der Waals surface area (Å²) in [6.45, 7) is 12.5. The molecule has 2 unspecified atom stereocenters. The number of hydrogen-bond acceptors (Lipinski definition) is 7. The molecule has 0 radical (unpaired) electrons. The minimum atomic E-state index is -0.993. The molecule has 27 heavy (non-hydrogen) atoms. The Morgan fingerprint density at radius 3 is 1.56 bits per heavy atom. The first kappa shape index (κ1) is 22.7. The zero-order valence-electron chi connectivity index (χ0n) is 16.5. The van der Waals surface area contributed by atoms with Crippen molar-refractivity contribution in [2.45, 2.75) is 40.0 Å². The van der Waals surface area contributed by atoms with Crippen LogP contribution >= 0.6 is 0 Å². The monoisotopic (exact) mass is 382 g/mol. The van der Waals surface area contributed by atoms with Crippen molar-refractivity contribution < 1.29 is 33.3 Å². The quantitative estimate of drug-likeness (QED) is 0.235. The Kier molecular flexibility index (Phi) is 8.06. The van der Waals surface area contributed by atoms with Gasteiger partial charge in [-0.05, 0) is 33.1 Å². The number of aldehydes is 1. The predicted octanol–water partition coefficient (Wildman–Crippen LogP) is 2.79. The minimum Gasteiger partial charge on any atom is -0.498 e. The Bertz CT molecular complexity index is 529. The van der Waals surface area contributed by atoms with Gasteiger partial charge in [-0.25, -0.2) is 0 Å². The standard InChI is InChI=1S/C20H30O7/c1-6-24-8-10-26-16(22)19(4)12-18(3,15-21)13-20(5,14-19)17(23)27-11-9-25-7-2/h6-7,15H,1-2,8-14H2,3-5H3. The number of rotatable bonds is 11. The molecular formula is C20H30O7. The summed E-state index contributed by atoms with van der Waals surface area (Å²) in [7, 11) is 0. The molecule has 1 aliphatic rings. The summed E-state index contributed by atoms with van der Waals surface area (Å²) in [6.07, 6.45) is 4.17. The van der Waals surface area contributed by atoms with Crippen molar-refractivity contribution in [3.63, 3.8) is 0 Å². The average molecular weight is 382 g/mol. The van der Waals surface area contributed by atoms with Crippen LogP contribution in [0.3, 0.4) is 0 Å². The van der Waals surface area contributed by atoms with Crippen molar-refractivity contribution in [2.75, 3.05) is 26.4 Å². The highest BCUT2D eigenvalue weighted by Crippen LogP contribution is 2.54. The highest BCUT2D eigenvalue weighted by molar-refractivity contribution is 5.83. The molecule has 1 saturated carbocycles. The Morgan fingerprint density at radius 1 is 0.815 bits per heavy atom. The van der Waals surface area contributed by atoms with Crippen molar-refractivity contribution in [3.8, 4) is 0 Å². The first-order chi connectivity index (χ1) is 12.6. The van der Waals surface area contributed by atoms with Crippen LogP contribution in [0.5, 0.6) is 0 Å². The smallest absolute Gasteiger partial charge is 0.311 e. The van der Waals surface area contributed by atoms with Gasteiger partial charge in [0, 0.05) is 5.41 Å². The minimum absolute atomic E-state index is 0.0678. The summed E-state index contributed by atoms with van der Waals surface area (Å²) in [5.74, 6) is -0.922. The molecular weight excluding hydrogens is 352 g/mol. The van der Waals surface area contributed by atoms with Crippen LogP contribution in [0.15, 0.2) is 25.7 Å². The lowest BCUT2D eigenvalue weighted by Crippen LogP contribution is -2.51. The molecule has 0 saturated heterocycles. The molecule has 152 valence electrons. The van der Waals surface area contributed by atoms with E-state index in [9.17, 15) is 14.4 Å². The van der Waals surface area contributed by atoms with Crippen LogP contribution in [-0.2, 0) is 33.3 Å². The fourth-order valence-electron chi connectivity index (χ4n) is 4.08. The van der Waals surface area contributed by atoms with E-state index in [1.807, 2.05) is 0 Å². The van der Waals surface area contributed by atoms with Gasteiger partial charge in [0.05, 0.1) is 23.4 Å². The number of esters is 2. The summed E-state index contributed by atoms with van der Waals surface area (Å²) >= 11 is 0. The van der Waals surface area contributed by atoms with Crippen LogP contribution in [0.25, 0.3) is 0 Å². The lowest BCUT2D eigenvalue weighted by atomic mass is 9.55. The van der Waals surface area contributed by atoms with Gasteiger partial charge in [-0.1, -0.05) is 20.1 Å². The molecule has 0 bridgehead atoms. The molecule has 0 heterocycles. The van der Waals surface area contributed by atoms with Gasteiger partial charge in [0.1, 0.15) is 32.7 Å². The molecule has 0 aliphatic heterocycles. The van der Waals surface area contributed by atoms with Crippen molar-refractivity contribution >= 4 is 18.2 Å². The van der Waals surface area contributed by atoms with Crippen LogP contribution in [-0.4, -0.2) is 44.7 Å². The third kappa shape index (κ3) is 6.12. The molecule has 0 N–H and O–H groups in total. The van der Waals surface area contributed by atoms with Gasteiger partial charge < -0.3 is 23.7 Å². The van der Waals surface area contributed by atoms with E-state index >= 15 is 0 Å². The van der Waals surface area contributed by atoms with Crippen molar-refractivity contribution in [1.29, 1.82) is 0 Å². The molecule has 0 aromatic rings. The van der Waals surface area contributed by atoms with E-state index in [1.165, 1.54) is 12.5 Å². The zero-order valence-corrected chi connectivity index (χ0v) is 16.5. The van der Waals surface area contributed by atoms with Crippen LogP contribution in [0.4, 0.5) is 0 Å². The molecule has 0 aromatic carbocycles.